The Morgan fingerprint density at radius 2 is 1.91 bits per heavy atom. The molecule has 68 valence electrons. The summed E-state index contributed by atoms with van der Waals surface area (Å²) in [5.41, 5.74) is -0.0303. The van der Waals surface area contributed by atoms with Crippen LogP contribution in [0.15, 0.2) is 0 Å². The Morgan fingerprint density at radius 3 is 2.18 bits per heavy atom. The van der Waals surface area contributed by atoms with Crippen molar-refractivity contribution in [2.75, 3.05) is 5.75 Å². The molecule has 0 unspecified atom stereocenters. The lowest BCUT2D eigenvalue weighted by atomic mass is 9.87. The zero-order valence-corrected chi connectivity index (χ0v) is 8.07. The molecule has 0 aliphatic rings. The first-order chi connectivity index (χ1) is 4.77. The van der Waals surface area contributed by atoms with Crippen molar-refractivity contribution in [3.8, 4) is 0 Å². The second-order valence-electron chi connectivity index (χ2n) is 3.53. The third kappa shape index (κ3) is 6.31. The topological polar surface area (TPSA) is 57.2 Å². The first kappa shape index (κ1) is 10.9. The van der Waals surface area contributed by atoms with E-state index < -0.39 is 10.1 Å². The van der Waals surface area contributed by atoms with E-state index in [0.29, 0.717) is 6.42 Å². The second-order valence-corrected chi connectivity index (χ2v) is 5.05. The summed E-state index contributed by atoms with van der Waals surface area (Å²) in [5.74, 6) is -0.242. The molecule has 0 N–H and O–H groups in total. The second kappa shape index (κ2) is 3.54. The zero-order chi connectivity index (χ0) is 9.12. The van der Waals surface area contributed by atoms with E-state index in [9.17, 15) is 13.0 Å². The Kier molecular flexibility index (Phi) is 3.51. The highest BCUT2D eigenvalue weighted by molar-refractivity contribution is 7.85. The molecule has 0 aliphatic carbocycles. The molecule has 0 fully saturated rings. The molecule has 0 spiro atoms. The van der Waals surface area contributed by atoms with Crippen molar-refractivity contribution in [3.05, 3.63) is 0 Å². The van der Waals surface area contributed by atoms with Crippen molar-refractivity contribution in [1.82, 2.24) is 0 Å². The summed E-state index contributed by atoms with van der Waals surface area (Å²) < 4.78 is 30.7. The zero-order valence-electron chi connectivity index (χ0n) is 8.25. The first-order valence-corrected chi connectivity index (χ1v) is 5.28. The van der Waals surface area contributed by atoms with Gasteiger partial charge in [-0.1, -0.05) is 27.2 Å². The standard InChI is InChI=1S/C7H16O3S/c1-4-7(2,3)5-6-11(8,9)10/h4-6H2,1-3H3,(H,8,9,10)/i/hT. The lowest BCUT2D eigenvalue weighted by Gasteiger charge is -2.22. The van der Waals surface area contributed by atoms with Crippen LogP contribution in [-0.2, 0) is 10.1 Å². The van der Waals surface area contributed by atoms with E-state index in [1.54, 1.807) is 0 Å². The number of hydrogen-bond acceptors (Lipinski definition) is 3. The lowest BCUT2D eigenvalue weighted by molar-refractivity contribution is 0.333. The van der Waals surface area contributed by atoms with E-state index in [1.165, 1.54) is 0 Å². The SMILES string of the molecule is CCC(C)(C)CCS(=O)(=O)[O-].[3H+]. The predicted octanol–water partition coefficient (Wildman–Crippen LogP) is 1.47. The van der Waals surface area contributed by atoms with Gasteiger partial charge in [0.15, 0.2) is 0 Å². The smallest absolute Gasteiger partial charge is 0.748 e. The van der Waals surface area contributed by atoms with E-state index in [0.717, 1.165) is 6.42 Å². The maximum absolute atomic E-state index is 10.2. The minimum absolute atomic E-state index is 0. The highest BCUT2D eigenvalue weighted by Crippen LogP contribution is 2.24. The molecule has 0 aliphatic heterocycles. The molecule has 0 aromatic rings. The molecule has 0 amide bonds. The van der Waals surface area contributed by atoms with E-state index >= 15 is 0 Å². The average molecular weight is 182 g/mol. The van der Waals surface area contributed by atoms with Gasteiger partial charge < -0.3 is 4.55 Å². The Hall–Kier alpha value is -0.0900. The van der Waals surface area contributed by atoms with Crippen LogP contribution in [0.4, 0.5) is 0 Å². The van der Waals surface area contributed by atoms with Crippen LogP contribution in [0.1, 0.15) is 35.0 Å². The lowest BCUT2D eigenvalue weighted by Crippen LogP contribution is -2.16. The molecule has 0 aromatic heterocycles. The highest BCUT2D eigenvalue weighted by Gasteiger charge is 2.15. The quantitative estimate of drug-likeness (QED) is 0.619. The summed E-state index contributed by atoms with van der Waals surface area (Å²) in [4.78, 5) is 0. The molecule has 0 bridgehead atoms. The molecule has 0 radical (unpaired) electrons. The summed E-state index contributed by atoms with van der Waals surface area (Å²) in [6.07, 6.45) is 1.35. The summed E-state index contributed by atoms with van der Waals surface area (Å²) >= 11 is 0. The Morgan fingerprint density at radius 1 is 1.45 bits per heavy atom. The van der Waals surface area contributed by atoms with Gasteiger partial charge in [-0.15, -0.1) is 0 Å². The number of hydrogen-bond donors (Lipinski definition) is 0. The molecule has 0 rings (SSSR count). The van der Waals surface area contributed by atoms with E-state index in [4.69, 9.17) is 0 Å². The molecule has 0 saturated heterocycles. The van der Waals surface area contributed by atoms with Gasteiger partial charge in [0.25, 0.3) is 0 Å². The molecule has 0 atom stereocenters. The van der Waals surface area contributed by atoms with Gasteiger partial charge in [-0.25, -0.2) is 8.42 Å². The van der Waals surface area contributed by atoms with Crippen molar-refractivity contribution in [2.45, 2.75) is 33.6 Å². The van der Waals surface area contributed by atoms with Crippen LogP contribution < -0.4 is 0 Å². The monoisotopic (exact) mass is 182 g/mol. The van der Waals surface area contributed by atoms with Gasteiger partial charge >= 0.3 is 1.43 Å². The Labute approximate surface area is 70.0 Å². The van der Waals surface area contributed by atoms with Crippen LogP contribution in [0, 0.1) is 5.41 Å². The molecule has 0 heterocycles. The fourth-order valence-electron chi connectivity index (χ4n) is 0.578. The van der Waals surface area contributed by atoms with Crippen molar-refractivity contribution in [2.24, 2.45) is 5.41 Å². The Bertz CT molecular complexity index is 209. The van der Waals surface area contributed by atoms with Gasteiger partial charge in [0.05, 0.1) is 10.1 Å². The fraction of sp³-hybridized carbons (Fsp3) is 1.00. The normalized spacial score (nSPS) is 13.5. The molecular formula is C7H16O3S. The van der Waals surface area contributed by atoms with Crippen LogP contribution in [0.2, 0.25) is 0 Å². The summed E-state index contributed by atoms with van der Waals surface area (Å²) in [6.45, 7) is 5.90. The summed E-state index contributed by atoms with van der Waals surface area (Å²) in [7, 11) is -4.02. The summed E-state index contributed by atoms with van der Waals surface area (Å²) in [5, 5.41) is 0. The van der Waals surface area contributed by atoms with E-state index in [2.05, 4.69) is 0 Å². The molecule has 3 nitrogen and oxygen atoms in total. The van der Waals surface area contributed by atoms with Crippen LogP contribution in [0.3, 0.4) is 0 Å². The number of rotatable bonds is 4. The summed E-state index contributed by atoms with van der Waals surface area (Å²) in [6, 6.07) is 0. The minimum atomic E-state index is -4.02. The first-order valence-electron chi connectivity index (χ1n) is 3.70. The van der Waals surface area contributed by atoms with Crippen molar-refractivity contribution < 1.29 is 14.4 Å². The van der Waals surface area contributed by atoms with Crippen LogP contribution in [-0.4, -0.2) is 18.7 Å². The van der Waals surface area contributed by atoms with Crippen LogP contribution in [0.25, 0.3) is 0 Å². The maximum atomic E-state index is 10.2. The molecular weight excluding hydrogens is 164 g/mol. The Balaban J connectivity index is 0. The van der Waals surface area contributed by atoms with Gasteiger partial charge in [-0.05, 0) is 11.8 Å². The van der Waals surface area contributed by atoms with E-state index in [1.807, 2.05) is 20.8 Å². The highest BCUT2D eigenvalue weighted by atomic mass is 32.2. The third-order valence-corrected chi connectivity index (χ3v) is 2.69. The molecule has 4 heteroatoms. The maximum Gasteiger partial charge on any atom is 1.00 e. The van der Waals surface area contributed by atoms with Gasteiger partial charge in [0.2, 0.25) is 0 Å². The van der Waals surface area contributed by atoms with Crippen molar-refractivity contribution in [1.29, 1.82) is 0 Å². The average Bonchev–Trinajstić information content (AvgIpc) is 1.83. The predicted molar refractivity (Wildman–Crippen MR) is 44.4 cm³/mol. The van der Waals surface area contributed by atoms with Crippen LogP contribution in [0.5, 0.6) is 0 Å². The minimum Gasteiger partial charge on any atom is -0.748 e. The van der Waals surface area contributed by atoms with Crippen molar-refractivity contribution >= 4 is 10.1 Å². The van der Waals surface area contributed by atoms with Gasteiger partial charge in [0.1, 0.15) is 0 Å². The molecule has 0 saturated carbocycles. The third-order valence-electron chi connectivity index (χ3n) is 1.99. The molecule has 11 heavy (non-hydrogen) atoms. The van der Waals surface area contributed by atoms with Crippen molar-refractivity contribution in [3.63, 3.8) is 0 Å². The van der Waals surface area contributed by atoms with Crippen LogP contribution >= 0.6 is 0 Å². The van der Waals surface area contributed by atoms with Gasteiger partial charge in [-0.2, -0.15) is 0 Å². The van der Waals surface area contributed by atoms with Gasteiger partial charge in [0, 0.05) is 5.75 Å². The van der Waals surface area contributed by atoms with E-state index in [-0.39, 0.29) is 12.6 Å². The largest absolute Gasteiger partial charge is 1.00 e. The van der Waals surface area contributed by atoms with Gasteiger partial charge in [-0.3, -0.25) is 0 Å². The fourth-order valence-corrected chi connectivity index (χ4v) is 1.38. The molecule has 0 aromatic carbocycles.